The first-order valence-electron chi connectivity index (χ1n) is 18.3. The van der Waals surface area contributed by atoms with E-state index in [1.165, 1.54) is 35.1 Å². The number of nitrogens with one attached hydrogen (secondary N) is 4. The summed E-state index contributed by atoms with van der Waals surface area (Å²) in [5.41, 5.74) is 12.7. The van der Waals surface area contributed by atoms with E-state index in [1.54, 1.807) is 0 Å². The maximum atomic E-state index is 13.5. The van der Waals surface area contributed by atoms with E-state index in [2.05, 4.69) is 80.4 Å². The van der Waals surface area contributed by atoms with Crippen LogP contribution >= 0.6 is 0 Å². The standard InChI is InChI=1S/C41H54N4O5/c1-10-20(4)15-16-50-34(46)14-13-27-23(7)30-17-28-21(5)25(11-2)32(42-28)18-29-22(6)26(12-3)33(43-29)19-31-24(8)35-39(45-31)36(38(27)44-30)37(40(35)47)41(48)49-9/h15,17-19,23,25,27,37-38,40,42-45,47H,10-14,16H2,1-9H3/b20-15+,30-17-,31-19-,32-18-/t23-,25-,27-,37-,38?,40-/m0/s1. The van der Waals surface area contributed by atoms with Gasteiger partial charge in [0.15, 0.2) is 0 Å². The molecule has 6 atom stereocenters. The Balaban J connectivity index is 1.55. The van der Waals surface area contributed by atoms with E-state index in [4.69, 9.17) is 9.47 Å². The fraction of sp³-hybridized carbons (Fsp3) is 0.512. The number of H-pyrrole nitrogens is 2. The van der Waals surface area contributed by atoms with Gasteiger partial charge in [0.25, 0.3) is 0 Å². The second-order valence-electron chi connectivity index (χ2n) is 14.5. The van der Waals surface area contributed by atoms with Crippen LogP contribution in [0, 0.1) is 37.5 Å². The van der Waals surface area contributed by atoms with Crippen LogP contribution < -0.4 is 21.3 Å². The van der Waals surface area contributed by atoms with Crippen LogP contribution in [0.1, 0.15) is 107 Å². The van der Waals surface area contributed by atoms with Gasteiger partial charge in [0, 0.05) is 63.0 Å². The van der Waals surface area contributed by atoms with Gasteiger partial charge in [-0.25, -0.2) is 0 Å². The molecule has 3 aliphatic heterocycles. The number of hydrogen-bond donors (Lipinski definition) is 5. The predicted molar refractivity (Wildman–Crippen MR) is 197 cm³/mol. The molecule has 0 amide bonds. The van der Waals surface area contributed by atoms with Crippen molar-refractivity contribution < 1.29 is 24.2 Å². The molecule has 8 bridgehead atoms. The number of ether oxygens (including phenoxy) is 2. The van der Waals surface area contributed by atoms with Gasteiger partial charge in [0.1, 0.15) is 12.5 Å². The predicted octanol–water partition coefficient (Wildman–Crippen LogP) is 5.38. The Morgan fingerprint density at radius 1 is 1.00 bits per heavy atom. The molecule has 9 nitrogen and oxygen atoms in total. The Kier molecular flexibility index (Phi) is 10.1. The molecule has 2 aromatic heterocycles. The Morgan fingerprint density at radius 3 is 2.44 bits per heavy atom. The second-order valence-corrected chi connectivity index (χ2v) is 14.5. The Hall–Kier alpha value is -4.24. The molecule has 268 valence electrons. The maximum absolute atomic E-state index is 13.5. The molecule has 0 spiro atoms. The van der Waals surface area contributed by atoms with Crippen molar-refractivity contribution in [2.45, 2.75) is 99.6 Å². The number of aliphatic hydroxyl groups is 1. The largest absolute Gasteiger partial charge is 0.468 e. The van der Waals surface area contributed by atoms with Crippen molar-refractivity contribution in [2.24, 2.45) is 23.7 Å². The molecule has 1 fully saturated rings. The monoisotopic (exact) mass is 682 g/mol. The molecule has 1 saturated heterocycles. The molecular formula is C41H54N4O5. The number of esters is 2. The van der Waals surface area contributed by atoms with Crippen LogP contribution in [-0.4, -0.2) is 46.8 Å². The number of aliphatic hydroxyl groups excluding tert-OH is 1. The van der Waals surface area contributed by atoms with Crippen LogP contribution in [-0.2, 0) is 25.5 Å². The number of aromatic amines is 2. The highest BCUT2D eigenvalue weighted by Gasteiger charge is 2.49. The zero-order valence-electron chi connectivity index (χ0n) is 31.1. The molecule has 0 aromatic carbocycles. The summed E-state index contributed by atoms with van der Waals surface area (Å²) in [5.74, 6) is -1.40. The van der Waals surface area contributed by atoms with Crippen LogP contribution in [0.3, 0.4) is 0 Å². The van der Waals surface area contributed by atoms with E-state index in [0.29, 0.717) is 6.42 Å². The molecule has 1 unspecified atom stereocenters. The molecule has 9 heteroatoms. The third-order valence-electron chi connectivity index (χ3n) is 11.9. The van der Waals surface area contributed by atoms with Gasteiger partial charge in [-0.3, -0.25) is 9.59 Å². The van der Waals surface area contributed by atoms with Crippen LogP contribution in [0.4, 0.5) is 0 Å². The average Bonchev–Trinajstić information content (AvgIpc) is 3.84. The van der Waals surface area contributed by atoms with Crippen molar-refractivity contribution in [3.05, 3.63) is 84.7 Å². The van der Waals surface area contributed by atoms with Crippen LogP contribution in [0.5, 0.6) is 0 Å². The Bertz CT molecular complexity index is 1950. The highest BCUT2D eigenvalue weighted by Crippen LogP contribution is 2.45. The first kappa shape index (κ1) is 35.6. The topological polar surface area (TPSA) is 128 Å². The molecule has 5 N–H and O–H groups in total. The Morgan fingerprint density at radius 2 is 1.76 bits per heavy atom. The molecule has 5 heterocycles. The summed E-state index contributed by atoms with van der Waals surface area (Å²) in [5, 5.41) is 21.1. The van der Waals surface area contributed by atoms with Crippen LogP contribution in [0.2, 0.25) is 0 Å². The first-order chi connectivity index (χ1) is 23.9. The lowest BCUT2D eigenvalue weighted by Crippen LogP contribution is -2.37. The summed E-state index contributed by atoms with van der Waals surface area (Å²) < 4.78 is 10.9. The lowest BCUT2D eigenvalue weighted by molar-refractivity contribution is -0.147. The van der Waals surface area contributed by atoms with Crippen molar-refractivity contribution in [2.75, 3.05) is 13.7 Å². The van der Waals surface area contributed by atoms with E-state index in [0.717, 1.165) is 69.4 Å². The van der Waals surface area contributed by atoms with Gasteiger partial charge >= 0.3 is 11.9 Å². The fourth-order valence-corrected chi connectivity index (χ4v) is 8.64. The van der Waals surface area contributed by atoms with Gasteiger partial charge in [-0.1, -0.05) is 33.3 Å². The smallest absolute Gasteiger partial charge is 0.315 e. The van der Waals surface area contributed by atoms with E-state index in [9.17, 15) is 14.7 Å². The van der Waals surface area contributed by atoms with E-state index in [1.807, 2.05) is 19.9 Å². The molecule has 0 radical (unpaired) electrons. The minimum atomic E-state index is -1.07. The number of methoxy groups -OCH3 is 1. The van der Waals surface area contributed by atoms with Crippen molar-refractivity contribution >= 4 is 29.7 Å². The maximum Gasteiger partial charge on any atom is 0.315 e. The molecular weight excluding hydrogens is 628 g/mol. The zero-order valence-corrected chi connectivity index (χ0v) is 31.1. The first-order valence-corrected chi connectivity index (χ1v) is 18.3. The lowest BCUT2D eigenvalue weighted by Gasteiger charge is -2.27. The summed E-state index contributed by atoms with van der Waals surface area (Å²) >= 11 is 0. The van der Waals surface area contributed by atoms with Gasteiger partial charge < -0.3 is 35.2 Å². The average molecular weight is 683 g/mol. The molecule has 0 saturated carbocycles. The minimum Gasteiger partial charge on any atom is -0.468 e. The van der Waals surface area contributed by atoms with Gasteiger partial charge in [-0.15, -0.1) is 0 Å². The third kappa shape index (κ3) is 6.08. The number of carbonyl (C=O) groups excluding carboxylic acids is 2. The molecule has 2 aromatic rings. The number of carbonyl (C=O) groups is 2. The van der Waals surface area contributed by atoms with E-state index in [-0.39, 0.29) is 42.8 Å². The lowest BCUT2D eigenvalue weighted by atomic mass is 9.80. The Labute approximate surface area is 295 Å². The van der Waals surface area contributed by atoms with Crippen molar-refractivity contribution in [1.29, 1.82) is 0 Å². The van der Waals surface area contributed by atoms with E-state index < -0.39 is 18.0 Å². The van der Waals surface area contributed by atoms with Gasteiger partial charge in [0.05, 0.1) is 19.3 Å². The summed E-state index contributed by atoms with van der Waals surface area (Å²) in [6, 6.07) is -0.338. The number of aromatic nitrogens is 2. The molecule has 1 aliphatic carbocycles. The zero-order chi connectivity index (χ0) is 36.0. The highest BCUT2D eigenvalue weighted by atomic mass is 16.5. The number of fused-ring (bicyclic) bond motifs is 8. The number of hydrogen-bond acceptors (Lipinski definition) is 7. The van der Waals surface area contributed by atoms with Crippen molar-refractivity contribution in [3.63, 3.8) is 0 Å². The van der Waals surface area contributed by atoms with E-state index >= 15 is 0 Å². The SMILES string of the molecule is CC/C(C)=C/COC(=O)CC[C@@H]1C2N/C(=C\C3=C(C)[C@H](CC)/C(=C/c4[nH]c(c(CC)c4C)/C=c4\[nH]c5c(c4C)[C@H](O)[C@@H](C(=O)OC)C=52)N3)[C@H]1C. The minimum absolute atomic E-state index is 0.0231. The highest BCUT2D eigenvalue weighted by molar-refractivity contribution is 5.88. The number of rotatable bonds is 9. The summed E-state index contributed by atoms with van der Waals surface area (Å²) in [6.07, 6.45) is 11.0. The van der Waals surface area contributed by atoms with Crippen LogP contribution in [0.25, 0.3) is 17.7 Å². The van der Waals surface area contributed by atoms with Gasteiger partial charge in [-0.2, -0.15) is 0 Å². The van der Waals surface area contributed by atoms with Crippen molar-refractivity contribution in [3.8, 4) is 0 Å². The molecule has 50 heavy (non-hydrogen) atoms. The van der Waals surface area contributed by atoms with Gasteiger partial charge in [0.2, 0.25) is 0 Å². The van der Waals surface area contributed by atoms with Gasteiger partial charge in [-0.05, 0) is 111 Å². The summed E-state index contributed by atoms with van der Waals surface area (Å²) in [6.45, 7) is 17.3. The normalized spacial score (nSPS) is 28.3. The quantitative estimate of drug-likeness (QED) is 0.178. The third-order valence-corrected chi connectivity index (χ3v) is 11.9. The van der Waals surface area contributed by atoms with Crippen molar-refractivity contribution in [1.82, 2.24) is 20.6 Å². The molecule has 6 rings (SSSR count). The summed E-state index contributed by atoms with van der Waals surface area (Å²) in [4.78, 5) is 33.9. The second kappa shape index (κ2) is 14.2. The van der Waals surface area contributed by atoms with Crippen LogP contribution in [0.15, 0.2) is 40.4 Å². The summed E-state index contributed by atoms with van der Waals surface area (Å²) in [7, 11) is 1.37. The number of allylic oxidation sites excluding steroid dienone is 4. The molecule has 4 aliphatic rings. The fourth-order valence-electron chi connectivity index (χ4n) is 8.64.